The SMILES string of the molecule is Brc1cccc2c(-c3cnc4ccccc4c3)n[nH]c12. The van der Waals surface area contributed by atoms with Crippen molar-refractivity contribution in [2.75, 3.05) is 0 Å². The zero-order valence-electron chi connectivity index (χ0n) is 10.5. The van der Waals surface area contributed by atoms with E-state index in [0.717, 1.165) is 37.5 Å². The Morgan fingerprint density at radius 1 is 1.00 bits per heavy atom. The molecular formula is C16H10BrN3. The first-order chi connectivity index (χ1) is 9.83. The molecule has 2 aromatic carbocycles. The van der Waals surface area contributed by atoms with E-state index in [4.69, 9.17) is 0 Å². The van der Waals surface area contributed by atoms with Gasteiger partial charge in [-0.2, -0.15) is 5.10 Å². The fourth-order valence-electron chi connectivity index (χ4n) is 2.43. The third kappa shape index (κ3) is 1.72. The number of para-hydroxylation sites is 2. The molecule has 4 aromatic rings. The monoisotopic (exact) mass is 323 g/mol. The summed E-state index contributed by atoms with van der Waals surface area (Å²) in [4.78, 5) is 4.50. The minimum atomic E-state index is 0.930. The number of nitrogens with one attached hydrogen (secondary N) is 1. The lowest BCUT2D eigenvalue weighted by Gasteiger charge is -2.01. The van der Waals surface area contributed by atoms with Crippen LogP contribution in [0.4, 0.5) is 0 Å². The van der Waals surface area contributed by atoms with Crippen LogP contribution in [-0.4, -0.2) is 15.2 Å². The van der Waals surface area contributed by atoms with Crippen molar-refractivity contribution in [3.05, 3.63) is 59.2 Å². The molecule has 0 aliphatic heterocycles. The van der Waals surface area contributed by atoms with Gasteiger partial charge in [-0.15, -0.1) is 0 Å². The molecule has 2 heterocycles. The van der Waals surface area contributed by atoms with Crippen LogP contribution in [0.2, 0.25) is 0 Å². The van der Waals surface area contributed by atoms with E-state index in [1.54, 1.807) is 0 Å². The smallest absolute Gasteiger partial charge is 0.102 e. The number of hydrogen-bond acceptors (Lipinski definition) is 2. The van der Waals surface area contributed by atoms with Crippen molar-refractivity contribution in [1.29, 1.82) is 0 Å². The van der Waals surface area contributed by atoms with E-state index < -0.39 is 0 Å². The van der Waals surface area contributed by atoms with E-state index in [-0.39, 0.29) is 0 Å². The third-order valence-corrected chi connectivity index (χ3v) is 4.07. The van der Waals surface area contributed by atoms with E-state index in [1.165, 1.54) is 0 Å². The predicted molar refractivity (Wildman–Crippen MR) is 84.5 cm³/mol. The summed E-state index contributed by atoms with van der Waals surface area (Å²) >= 11 is 3.54. The van der Waals surface area contributed by atoms with Crippen LogP contribution in [0.5, 0.6) is 0 Å². The number of halogens is 1. The number of pyridine rings is 1. The summed E-state index contributed by atoms with van der Waals surface area (Å²) in [6.45, 7) is 0. The van der Waals surface area contributed by atoms with Crippen LogP contribution in [0.15, 0.2) is 59.2 Å². The number of aromatic amines is 1. The number of hydrogen-bond donors (Lipinski definition) is 1. The van der Waals surface area contributed by atoms with Crippen LogP contribution >= 0.6 is 15.9 Å². The Hall–Kier alpha value is -2.20. The molecule has 20 heavy (non-hydrogen) atoms. The van der Waals surface area contributed by atoms with Gasteiger partial charge in [-0.1, -0.05) is 30.3 Å². The molecule has 0 aliphatic rings. The molecule has 0 aliphatic carbocycles. The van der Waals surface area contributed by atoms with Gasteiger partial charge in [0.15, 0.2) is 0 Å². The maximum absolute atomic E-state index is 4.50. The maximum Gasteiger partial charge on any atom is 0.102 e. The van der Waals surface area contributed by atoms with Crippen LogP contribution in [0, 0.1) is 0 Å². The van der Waals surface area contributed by atoms with Crippen molar-refractivity contribution in [3.63, 3.8) is 0 Å². The fraction of sp³-hybridized carbons (Fsp3) is 0. The molecule has 0 saturated carbocycles. The Balaban J connectivity index is 1.99. The molecule has 0 amide bonds. The lowest BCUT2D eigenvalue weighted by Crippen LogP contribution is -1.83. The van der Waals surface area contributed by atoms with Crippen LogP contribution in [-0.2, 0) is 0 Å². The quantitative estimate of drug-likeness (QED) is 0.558. The van der Waals surface area contributed by atoms with Crippen molar-refractivity contribution >= 4 is 37.7 Å². The summed E-state index contributed by atoms with van der Waals surface area (Å²) < 4.78 is 1.02. The molecule has 2 aromatic heterocycles. The van der Waals surface area contributed by atoms with Gasteiger partial charge in [0, 0.05) is 27.0 Å². The largest absolute Gasteiger partial charge is 0.276 e. The summed E-state index contributed by atoms with van der Waals surface area (Å²) in [7, 11) is 0. The Kier molecular flexibility index (Phi) is 2.57. The second-order valence-electron chi connectivity index (χ2n) is 4.65. The lowest BCUT2D eigenvalue weighted by atomic mass is 10.1. The van der Waals surface area contributed by atoms with Crippen molar-refractivity contribution in [3.8, 4) is 11.3 Å². The topological polar surface area (TPSA) is 41.6 Å². The fourth-order valence-corrected chi connectivity index (χ4v) is 2.88. The molecule has 96 valence electrons. The first kappa shape index (κ1) is 11.6. The number of aromatic nitrogens is 3. The number of fused-ring (bicyclic) bond motifs is 2. The second-order valence-corrected chi connectivity index (χ2v) is 5.51. The van der Waals surface area contributed by atoms with Gasteiger partial charge in [0.05, 0.1) is 11.0 Å². The van der Waals surface area contributed by atoms with Gasteiger partial charge in [-0.05, 0) is 34.1 Å². The molecule has 0 unspecified atom stereocenters. The lowest BCUT2D eigenvalue weighted by molar-refractivity contribution is 1.12. The van der Waals surface area contributed by atoms with Crippen LogP contribution in [0.1, 0.15) is 0 Å². The number of H-pyrrole nitrogens is 1. The molecule has 4 rings (SSSR count). The number of nitrogens with zero attached hydrogens (tertiary/aromatic N) is 2. The summed E-state index contributed by atoms with van der Waals surface area (Å²) in [5.74, 6) is 0. The van der Waals surface area contributed by atoms with E-state index >= 15 is 0 Å². The van der Waals surface area contributed by atoms with Crippen molar-refractivity contribution in [1.82, 2.24) is 15.2 Å². The minimum Gasteiger partial charge on any atom is -0.276 e. The van der Waals surface area contributed by atoms with Gasteiger partial charge >= 0.3 is 0 Å². The summed E-state index contributed by atoms with van der Waals surface area (Å²) in [6.07, 6.45) is 1.87. The van der Waals surface area contributed by atoms with Gasteiger partial charge in [-0.3, -0.25) is 10.1 Å². The molecule has 0 bridgehead atoms. The van der Waals surface area contributed by atoms with Crippen molar-refractivity contribution in [2.45, 2.75) is 0 Å². The zero-order chi connectivity index (χ0) is 13.5. The normalized spacial score (nSPS) is 11.2. The van der Waals surface area contributed by atoms with Gasteiger partial charge in [0.25, 0.3) is 0 Å². The molecule has 0 radical (unpaired) electrons. The maximum atomic E-state index is 4.50. The minimum absolute atomic E-state index is 0.930. The zero-order valence-corrected chi connectivity index (χ0v) is 12.1. The van der Waals surface area contributed by atoms with Crippen LogP contribution < -0.4 is 0 Å². The first-order valence-electron chi connectivity index (χ1n) is 6.31. The summed E-state index contributed by atoms with van der Waals surface area (Å²) in [5.41, 5.74) is 3.96. The molecule has 0 spiro atoms. The highest BCUT2D eigenvalue weighted by atomic mass is 79.9. The summed E-state index contributed by atoms with van der Waals surface area (Å²) in [5, 5.41) is 9.73. The average molecular weight is 324 g/mol. The van der Waals surface area contributed by atoms with E-state index in [2.05, 4.69) is 49.3 Å². The van der Waals surface area contributed by atoms with Crippen LogP contribution in [0.25, 0.3) is 33.1 Å². The first-order valence-corrected chi connectivity index (χ1v) is 7.10. The molecule has 1 N–H and O–H groups in total. The standard InChI is InChI=1S/C16H10BrN3/c17-13-6-3-5-12-15(19-20-16(12)13)11-8-10-4-1-2-7-14(10)18-9-11/h1-9H,(H,19,20). The molecule has 4 heteroatoms. The Morgan fingerprint density at radius 3 is 2.85 bits per heavy atom. The Labute approximate surface area is 123 Å². The highest BCUT2D eigenvalue weighted by Gasteiger charge is 2.10. The summed E-state index contributed by atoms with van der Waals surface area (Å²) in [6, 6.07) is 16.3. The Morgan fingerprint density at radius 2 is 1.90 bits per heavy atom. The van der Waals surface area contributed by atoms with Crippen molar-refractivity contribution in [2.24, 2.45) is 0 Å². The highest BCUT2D eigenvalue weighted by Crippen LogP contribution is 2.31. The number of benzene rings is 2. The van der Waals surface area contributed by atoms with Gasteiger partial charge < -0.3 is 0 Å². The Bertz CT molecular complexity index is 927. The second kappa shape index (κ2) is 4.42. The average Bonchev–Trinajstić information content (AvgIpc) is 2.92. The molecule has 0 saturated heterocycles. The molecule has 0 fully saturated rings. The van der Waals surface area contributed by atoms with Gasteiger partial charge in [0.2, 0.25) is 0 Å². The van der Waals surface area contributed by atoms with E-state index in [0.29, 0.717) is 0 Å². The van der Waals surface area contributed by atoms with Crippen molar-refractivity contribution < 1.29 is 0 Å². The van der Waals surface area contributed by atoms with E-state index in [9.17, 15) is 0 Å². The molecular weight excluding hydrogens is 314 g/mol. The number of rotatable bonds is 1. The predicted octanol–water partition coefficient (Wildman–Crippen LogP) is 4.54. The highest BCUT2D eigenvalue weighted by molar-refractivity contribution is 9.10. The van der Waals surface area contributed by atoms with Gasteiger partial charge in [-0.25, -0.2) is 0 Å². The van der Waals surface area contributed by atoms with E-state index in [1.807, 2.05) is 36.5 Å². The molecule has 3 nitrogen and oxygen atoms in total. The van der Waals surface area contributed by atoms with Crippen LogP contribution in [0.3, 0.4) is 0 Å². The molecule has 0 atom stereocenters. The van der Waals surface area contributed by atoms with Gasteiger partial charge in [0.1, 0.15) is 5.69 Å². The third-order valence-electron chi connectivity index (χ3n) is 3.41.